The molecule has 0 saturated carbocycles. The van der Waals surface area contributed by atoms with Crippen LogP contribution in [0.25, 0.3) is 0 Å². The first-order valence-corrected chi connectivity index (χ1v) is 5.74. The Hall–Kier alpha value is -1.88. The Morgan fingerprint density at radius 2 is 2.00 bits per heavy atom. The lowest BCUT2D eigenvalue weighted by molar-refractivity contribution is 0.102. The van der Waals surface area contributed by atoms with Gasteiger partial charge in [0.15, 0.2) is 5.82 Å². The summed E-state index contributed by atoms with van der Waals surface area (Å²) in [4.78, 5) is 16.0. The first kappa shape index (κ1) is 11.6. The highest BCUT2D eigenvalue weighted by atomic mass is 79.9. The summed E-state index contributed by atoms with van der Waals surface area (Å²) in [7, 11) is 0. The normalized spacial score (nSPS) is 9.94. The molecule has 17 heavy (non-hydrogen) atoms. The second-order valence-corrected chi connectivity index (χ2v) is 4.23. The van der Waals surface area contributed by atoms with Gasteiger partial charge in [0.25, 0.3) is 5.91 Å². The van der Waals surface area contributed by atoms with Gasteiger partial charge in [0.05, 0.1) is 11.3 Å². The van der Waals surface area contributed by atoms with Crippen LogP contribution in [0.1, 0.15) is 10.4 Å². The number of carbonyl (C=O) groups is 1. The van der Waals surface area contributed by atoms with Crippen LogP contribution in [0.2, 0.25) is 0 Å². The molecule has 0 bridgehead atoms. The summed E-state index contributed by atoms with van der Waals surface area (Å²) in [5, 5.41) is 2.66. The second kappa shape index (κ2) is 4.97. The Kier molecular flexibility index (Phi) is 3.39. The molecule has 0 fully saturated rings. The van der Waals surface area contributed by atoms with Gasteiger partial charge in [-0.3, -0.25) is 4.79 Å². The molecule has 5 heteroatoms. The largest absolute Gasteiger partial charge is 0.396 e. The van der Waals surface area contributed by atoms with E-state index in [0.29, 0.717) is 17.1 Å². The molecule has 1 amide bonds. The van der Waals surface area contributed by atoms with E-state index in [2.05, 4.69) is 26.2 Å². The van der Waals surface area contributed by atoms with Crippen LogP contribution in [0.5, 0.6) is 0 Å². The number of pyridine rings is 1. The number of nitrogens with one attached hydrogen (secondary N) is 1. The van der Waals surface area contributed by atoms with Gasteiger partial charge in [0.1, 0.15) is 0 Å². The molecule has 1 heterocycles. The van der Waals surface area contributed by atoms with E-state index < -0.39 is 0 Å². The van der Waals surface area contributed by atoms with Crippen LogP contribution in [0.15, 0.2) is 47.1 Å². The van der Waals surface area contributed by atoms with Crippen molar-refractivity contribution in [2.24, 2.45) is 0 Å². The third kappa shape index (κ3) is 2.62. The summed E-state index contributed by atoms with van der Waals surface area (Å²) in [6.07, 6.45) is 1.58. The SMILES string of the molecule is Nc1cccnc1NC(=O)c1ccccc1Br. The van der Waals surface area contributed by atoms with Crippen molar-refractivity contribution in [3.8, 4) is 0 Å². The molecule has 86 valence electrons. The molecule has 0 aliphatic carbocycles. The Labute approximate surface area is 107 Å². The summed E-state index contributed by atoms with van der Waals surface area (Å²) in [6.45, 7) is 0. The number of anilines is 2. The number of aromatic nitrogens is 1. The fraction of sp³-hybridized carbons (Fsp3) is 0. The number of nitrogens with two attached hydrogens (primary N) is 1. The zero-order valence-corrected chi connectivity index (χ0v) is 10.4. The van der Waals surface area contributed by atoms with E-state index in [0.717, 1.165) is 4.47 Å². The summed E-state index contributed by atoms with van der Waals surface area (Å²) in [5.74, 6) is 0.121. The molecular formula is C12H10BrN3O. The lowest BCUT2D eigenvalue weighted by atomic mass is 10.2. The van der Waals surface area contributed by atoms with E-state index in [-0.39, 0.29) is 5.91 Å². The van der Waals surface area contributed by atoms with Gasteiger partial charge in [-0.25, -0.2) is 4.98 Å². The number of amides is 1. The minimum atomic E-state index is -0.247. The predicted molar refractivity (Wildman–Crippen MR) is 70.7 cm³/mol. The van der Waals surface area contributed by atoms with Crippen LogP contribution in [0, 0.1) is 0 Å². The van der Waals surface area contributed by atoms with Crippen molar-refractivity contribution in [1.29, 1.82) is 0 Å². The van der Waals surface area contributed by atoms with Gasteiger partial charge in [0.2, 0.25) is 0 Å². The molecule has 2 aromatic rings. The van der Waals surface area contributed by atoms with Crippen LogP contribution in [0.4, 0.5) is 11.5 Å². The smallest absolute Gasteiger partial charge is 0.258 e. The summed E-state index contributed by atoms with van der Waals surface area (Å²) in [6, 6.07) is 10.6. The van der Waals surface area contributed by atoms with Crippen molar-refractivity contribution in [2.45, 2.75) is 0 Å². The van der Waals surface area contributed by atoms with Crippen molar-refractivity contribution < 1.29 is 4.79 Å². The Balaban J connectivity index is 2.24. The van der Waals surface area contributed by atoms with Gasteiger partial charge in [-0.05, 0) is 40.2 Å². The van der Waals surface area contributed by atoms with Crippen LogP contribution < -0.4 is 11.1 Å². The van der Waals surface area contributed by atoms with Gasteiger partial charge >= 0.3 is 0 Å². The molecule has 3 N–H and O–H groups in total. The molecule has 0 saturated heterocycles. The number of hydrogen-bond acceptors (Lipinski definition) is 3. The number of nitrogens with zero attached hydrogens (tertiary/aromatic N) is 1. The molecule has 0 unspecified atom stereocenters. The highest BCUT2D eigenvalue weighted by Crippen LogP contribution is 2.19. The van der Waals surface area contributed by atoms with Gasteiger partial charge in [-0.15, -0.1) is 0 Å². The van der Waals surface area contributed by atoms with Crippen LogP contribution in [-0.2, 0) is 0 Å². The van der Waals surface area contributed by atoms with E-state index in [9.17, 15) is 4.79 Å². The topological polar surface area (TPSA) is 68.0 Å². The Morgan fingerprint density at radius 3 is 2.71 bits per heavy atom. The number of hydrogen-bond donors (Lipinski definition) is 2. The predicted octanol–water partition coefficient (Wildman–Crippen LogP) is 2.68. The standard InChI is InChI=1S/C12H10BrN3O/c13-9-5-2-1-4-8(9)12(17)16-11-10(14)6-3-7-15-11/h1-7H,14H2,(H,15,16,17). The number of halogens is 1. The number of rotatable bonds is 2. The molecule has 0 spiro atoms. The molecular weight excluding hydrogens is 282 g/mol. The van der Waals surface area contributed by atoms with Crippen LogP contribution in [0.3, 0.4) is 0 Å². The monoisotopic (exact) mass is 291 g/mol. The van der Waals surface area contributed by atoms with Gasteiger partial charge in [-0.2, -0.15) is 0 Å². The highest BCUT2D eigenvalue weighted by molar-refractivity contribution is 9.10. The van der Waals surface area contributed by atoms with E-state index in [1.807, 2.05) is 6.07 Å². The van der Waals surface area contributed by atoms with Gasteiger partial charge < -0.3 is 11.1 Å². The number of carbonyl (C=O) groups excluding carboxylic acids is 1. The maximum absolute atomic E-state index is 12.0. The minimum Gasteiger partial charge on any atom is -0.396 e. The fourth-order valence-corrected chi connectivity index (χ4v) is 1.81. The van der Waals surface area contributed by atoms with E-state index >= 15 is 0 Å². The van der Waals surface area contributed by atoms with Crippen molar-refractivity contribution in [3.05, 3.63) is 52.6 Å². The maximum Gasteiger partial charge on any atom is 0.258 e. The number of nitrogen functional groups attached to an aromatic ring is 1. The van der Waals surface area contributed by atoms with Crippen molar-refractivity contribution in [1.82, 2.24) is 4.98 Å². The molecule has 0 aliphatic rings. The summed E-state index contributed by atoms with van der Waals surface area (Å²) < 4.78 is 0.729. The third-order valence-electron chi connectivity index (χ3n) is 2.19. The summed E-state index contributed by atoms with van der Waals surface area (Å²) >= 11 is 3.32. The Bertz CT molecular complexity index is 557. The Morgan fingerprint density at radius 1 is 1.24 bits per heavy atom. The van der Waals surface area contributed by atoms with Gasteiger partial charge in [0, 0.05) is 10.7 Å². The summed E-state index contributed by atoms with van der Waals surface area (Å²) in [5.41, 5.74) is 6.67. The molecule has 0 radical (unpaired) electrons. The van der Waals surface area contributed by atoms with Crippen LogP contribution in [-0.4, -0.2) is 10.9 Å². The van der Waals surface area contributed by atoms with Crippen molar-refractivity contribution >= 4 is 33.3 Å². The minimum absolute atomic E-state index is 0.247. The second-order valence-electron chi connectivity index (χ2n) is 3.38. The average Bonchev–Trinajstić information content (AvgIpc) is 2.32. The van der Waals surface area contributed by atoms with Crippen molar-refractivity contribution in [3.63, 3.8) is 0 Å². The molecule has 4 nitrogen and oxygen atoms in total. The quantitative estimate of drug-likeness (QED) is 0.894. The van der Waals surface area contributed by atoms with Gasteiger partial charge in [-0.1, -0.05) is 12.1 Å². The zero-order valence-electron chi connectivity index (χ0n) is 8.85. The molecule has 0 aliphatic heterocycles. The lowest BCUT2D eigenvalue weighted by Crippen LogP contribution is -2.14. The molecule has 2 rings (SSSR count). The van der Waals surface area contributed by atoms with Crippen molar-refractivity contribution in [2.75, 3.05) is 11.1 Å². The molecule has 1 aromatic carbocycles. The molecule has 0 atom stereocenters. The van der Waals surface area contributed by atoms with E-state index in [1.165, 1.54) is 0 Å². The average molecular weight is 292 g/mol. The third-order valence-corrected chi connectivity index (χ3v) is 2.88. The highest BCUT2D eigenvalue weighted by Gasteiger charge is 2.11. The number of benzene rings is 1. The zero-order chi connectivity index (χ0) is 12.3. The molecule has 1 aromatic heterocycles. The fourth-order valence-electron chi connectivity index (χ4n) is 1.34. The first-order chi connectivity index (χ1) is 8.18. The lowest BCUT2D eigenvalue weighted by Gasteiger charge is -2.07. The van der Waals surface area contributed by atoms with Crippen LogP contribution >= 0.6 is 15.9 Å². The first-order valence-electron chi connectivity index (χ1n) is 4.95. The van der Waals surface area contributed by atoms with E-state index in [1.54, 1.807) is 36.5 Å². The van der Waals surface area contributed by atoms with E-state index in [4.69, 9.17) is 5.73 Å². The maximum atomic E-state index is 12.0.